The largest absolute Gasteiger partial charge is 0.494 e. The topological polar surface area (TPSA) is 92.2 Å². The molecule has 0 aromatic heterocycles. The maximum absolute atomic E-state index is 14.2. The number of benzene rings is 4. The molecule has 0 unspecified atom stereocenters. The Balaban J connectivity index is 1.46. The predicted molar refractivity (Wildman–Crippen MR) is 167 cm³/mol. The Kier molecular flexibility index (Phi) is 10.2. The molecule has 0 aliphatic carbocycles. The van der Waals surface area contributed by atoms with Crippen LogP contribution in [0.15, 0.2) is 113 Å². The third kappa shape index (κ3) is 7.48. The van der Waals surface area contributed by atoms with E-state index >= 15 is 0 Å². The lowest BCUT2D eigenvalue weighted by Crippen LogP contribution is -2.54. The predicted octanol–water partition coefficient (Wildman–Crippen LogP) is 5.71. The molecule has 0 radical (unpaired) electrons. The maximum atomic E-state index is 14.2. The van der Waals surface area contributed by atoms with Crippen molar-refractivity contribution < 1.29 is 23.8 Å². The van der Waals surface area contributed by atoms with Crippen LogP contribution in [-0.4, -0.2) is 42.2 Å². The molecule has 0 bridgehead atoms. The molecule has 43 heavy (non-hydrogen) atoms. The van der Waals surface area contributed by atoms with Crippen LogP contribution in [0.25, 0.3) is 0 Å². The van der Waals surface area contributed by atoms with Crippen LogP contribution in [0.2, 0.25) is 0 Å². The summed E-state index contributed by atoms with van der Waals surface area (Å²) in [5, 5.41) is 9.03. The molecule has 2 atom stereocenters. The van der Waals surface area contributed by atoms with Crippen LogP contribution in [0.3, 0.4) is 0 Å². The summed E-state index contributed by atoms with van der Waals surface area (Å²) in [5.74, 6) is 0.386. The van der Waals surface area contributed by atoms with Gasteiger partial charge in [-0.15, -0.1) is 0 Å². The SMILES string of the molecule is O=C(NNCCc1ccc(F)cc1)[C@@]1(Cc2ccccc2)N=C(c2ccc(OCCCO)cc2)O[C@H]1c1ccccc1Br. The van der Waals surface area contributed by atoms with Crippen LogP contribution in [0.1, 0.15) is 34.8 Å². The van der Waals surface area contributed by atoms with Crippen LogP contribution >= 0.6 is 15.9 Å². The van der Waals surface area contributed by atoms with Crippen LogP contribution in [-0.2, 0) is 22.4 Å². The van der Waals surface area contributed by atoms with E-state index in [1.807, 2.05) is 78.9 Å². The third-order valence-corrected chi connectivity index (χ3v) is 7.91. The Morgan fingerprint density at radius 3 is 2.40 bits per heavy atom. The lowest BCUT2D eigenvalue weighted by Gasteiger charge is -2.31. The van der Waals surface area contributed by atoms with Crippen molar-refractivity contribution in [3.63, 3.8) is 0 Å². The second kappa shape index (κ2) is 14.4. The smallest absolute Gasteiger partial charge is 0.266 e. The molecule has 0 spiro atoms. The lowest BCUT2D eigenvalue weighted by molar-refractivity contribution is -0.130. The van der Waals surface area contributed by atoms with Gasteiger partial charge in [0.15, 0.2) is 11.6 Å². The average molecular weight is 647 g/mol. The molecule has 7 nitrogen and oxygen atoms in total. The van der Waals surface area contributed by atoms with Gasteiger partial charge < -0.3 is 14.6 Å². The number of amides is 1. The fourth-order valence-electron chi connectivity index (χ4n) is 4.96. The van der Waals surface area contributed by atoms with Gasteiger partial charge in [0.1, 0.15) is 11.6 Å². The van der Waals surface area contributed by atoms with Crippen LogP contribution in [0.4, 0.5) is 4.39 Å². The molecule has 5 rings (SSSR count). The van der Waals surface area contributed by atoms with E-state index in [0.29, 0.717) is 43.2 Å². The fraction of sp³-hybridized carbons (Fsp3) is 0.235. The van der Waals surface area contributed by atoms with Crippen molar-refractivity contribution in [1.29, 1.82) is 0 Å². The molecule has 4 aromatic rings. The monoisotopic (exact) mass is 645 g/mol. The zero-order chi connectivity index (χ0) is 30.1. The fourth-order valence-corrected chi connectivity index (χ4v) is 5.46. The van der Waals surface area contributed by atoms with Gasteiger partial charge in [0, 0.05) is 41.6 Å². The first-order valence-electron chi connectivity index (χ1n) is 14.2. The van der Waals surface area contributed by atoms with Crippen molar-refractivity contribution in [2.75, 3.05) is 19.8 Å². The first-order chi connectivity index (χ1) is 21.0. The molecular formula is C34H33BrFN3O4. The summed E-state index contributed by atoms with van der Waals surface area (Å²) < 4.78 is 26.4. The van der Waals surface area contributed by atoms with Gasteiger partial charge in [-0.2, -0.15) is 0 Å². The summed E-state index contributed by atoms with van der Waals surface area (Å²) in [6.45, 7) is 0.908. The minimum atomic E-state index is -1.35. The van der Waals surface area contributed by atoms with Crippen LogP contribution in [0.5, 0.6) is 5.75 Å². The Hall–Kier alpha value is -4.05. The van der Waals surface area contributed by atoms with Gasteiger partial charge in [-0.3, -0.25) is 10.2 Å². The molecule has 1 aliphatic rings. The van der Waals surface area contributed by atoms with E-state index < -0.39 is 11.6 Å². The number of carbonyl (C=O) groups is 1. The molecule has 0 saturated carbocycles. The van der Waals surface area contributed by atoms with Gasteiger partial charge in [0.25, 0.3) is 5.91 Å². The van der Waals surface area contributed by atoms with Crippen LogP contribution < -0.4 is 15.6 Å². The third-order valence-electron chi connectivity index (χ3n) is 7.19. The minimum absolute atomic E-state index is 0.0613. The van der Waals surface area contributed by atoms with Gasteiger partial charge >= 0.3 is 0 Å². The molecule has 1 aliphatic heterocycles. The van der Waals surface area contributed by atoms with Gasteiger partial charge in [-0.05, 0) is 60.0 Å². The lowest BCUT2D eigenvalue weighted by atomic mass is 9.82. The van der Waals surface area contributed by atoms with E-state index in [9.17, 15) is 9.18 Å². The Bertz CT molecular complexity index is 1530. The number of rotatable bonds is 13. The van der Waals surface area contributed by atoms with Gasteiger partial charge in [-0.25, -0.2) is 14.8 Å². The summed E-state index contributed by atoms with van der Waals surface area (Å²) in [5.41, 5.74) is 7.97. The van der Waals surface area contributed by atoms with Crippen molar-refractivity contribution in [3.05, 3.63) is 136 Å². The Labute approximate surface area is 258 Å². The van der Waals surface area contributed by atoms with E-state index in [1.165, 1.54) is 12.1 Å². The number of aliphatic imine (C=N–C) groups is 1. The van der Waals surface area contributed by atoms with Crippen molar-refractivity contribution in [2.24, 2.45) is 4.99 Å². The number of hydrogen-bond donors (Lipinski definition) is 3. The van der Waals surface area contributed by atoms with Gasteiger partial charge in [-0.1, -0.05) is 76.6 Å². The summed E-state index contributed by atoms with van der Waals surface area (Å²) in [4.78, 5) is 19.3. The molecule has 222 valence electrons. The number of carbonyl (C=O) groups excluding carboxylic acids is 1. The number of aliphatic hydroxyl groups excluding tert-OH is 1. The highest BCUT2D eigenvalue weighted by atomic mass is 79.9. The van der Waals surface area contributed by atoms with E-state index in [2.05, 4.69) is 26.8 Å². The van der Waals surface area contributed by atoms with Gasteiger partial charge in [0.05, 0.1) is 6.61 Å². The average Bonchev–Trinajstić information content (AvgIpc) is 3.41. The second-order valence-electron chi connectivity index (χ2n) is 10.2. The van der Waals surface area contributed by atoms with Crippen molar-refractivity contribution >= 4 is 27.7 Å². The molecule has 3 N–H and O–H groups in total. The van der Waals surface area contributed by atoms with Crippen molar-refractivity contribution in [2.45, 2.75) is 30.9 Å². The van der Waals surface area contributed by atoms with Crippen molar-refractivity contribution in [1.82, 2.24) is 10.9 Å². The number of hydrogen-bond acceptors (Lipinski definition) is 6. The zero-order valence-corrected chi connectivity index (χ0v) is 25.1. The number of nitrogens with zero attached hydrogens (tertiary/aromatic N) is 1. The highest BCUT2D eigenvalue weighted by Gasteiger charge is 2.53. The molecule has 4 aromatic carbocycles. The molecule has 9 heteroatoms. The number of nitrogens with one attached hydrogen (secondary N) is 2. The summed E-state index contributed by atoms with van der Waals surface area (Å²) in [6.07, 6.45) is 0.687. The highest BCUT2D eigenvalue weighted by Crippen LogP contribution is 2.44. The van der Waals surface area contributed by atoms with E-state index in [4.69, 9.17) is 19.6 Å². The number of ether oxygens (including phenoxy) is 2. The maximum Gasteiger partial charge on any atom is 0.266 e. The molecule has 0 fully saturated rings. The molecule has 0 saturated heterocycles. The number of hydrazine groups is 1. The summed E-state index contributed by atoms with van der Waals surface area (Å²) >= 11 is 3.66. The normalized spacial score (nSPS) is 17.7. The number of halogens is 2. The van der Waals surface area contributed by atoms with Gasteiger partial charge in [0.2, 0.25) is 5.90 Å². The van der Waals surface area contributed by atoms with E-state index in [0.717, 1.165) is 21.2 Å². The standard InChI is InChI=1S/C34H33BrFN3O4/c35-30-10-5-4-9-29(30)31-34(23-25-7-2-1-3-8-25,33(41)39-37-20-19-24-11-15-27(36)16-12-24)38-32(43-31)26-13-17-28(18-14-26)42-22-6-21-40/h1-5,7-18,31,37,40H,6,19-23H2,(H,39,41)/t31-,34-/m0/s1. The first kappa shape index (κ1) is 30.4. The quantitative estimate of drug-likeness (QED) is 0.128. The van der Waals surface area contributed by atoms with Crippen molar-refractivity contribution in [3.8, 4) is 5.75 Å². The summed E-state index contributed by atoms with van der Waals surface area (Å²) in [6, 6.07) is 31.1. The molecular weight excluding hydrogens is 613 g/mol. The first-order valence-corrected chi connectivity index (χ1v) is 14.9. The van der Waals surface area contributed by atoms with E-state index in [-0.39, 0.29) is 24.8 Å². The molecule has 1 amide bonds. The second-order valence-corrected chi connectivity index (χ2v) is 11.1. The van der Waals surface area contributed by atoms with Crippen LogP contribution in [0, 0.1) is 5.82 Å². The highest BCUT2D eigenvalue weighted by molar-refractivity contribution is 9.10. The Morgan fingerprint density at radius 1 is 0.953 bits per heavy atom. The number of aliphatic hydroxyl groups is 1. The minimum Gasteiger partial charge on any atom is -0.494 e. The Morgan fingerprint density at radius 2 is 1.67 bits per heavy atom. The zero-order valence-electron chi connectivity index (χ0n) is 23.5. The molecule has 1 heterocycles. The summed E-state index contributed by atoms with van der Waals surface area (Å²) in [7, 11) is 0. The van der Waals surface area contributed by atoms with E-state index in [1.54, 1.807) is 12.1 Å².